The summed E-state index contributed by atoms with van der Waals surface area (Å²) in [5, 5.41) is 7.20. The summed E-state index contributed by atoms with van der Waals surface area (Å²) in [6.45, 7) is 0. The Balaban J connectivity index is 1.31. The maximum absolute atomic E-state index is 12.9. The molecular weight excluding hydrogens is 510 g/mol. The molecule has 0 bridgehead atoms. The number of methoxy groups -OCH3 is 1. The van der Waals surface area contributed by atoms with E-state index in [0.717, 1.165) is 0 Å². The van der Waals surface area contributed by atoms with Crippen LogP contribution in [0, 0.1) is 11.8 Å². The molecule has 5 aromatic rings. The van der Waals surface area contributed by atoms with Crippen molar-refractivity contribution in [3.05, 3.63) is 67.3 Å². The number of rotatable bonds is 6. The zero-order valence-electron chi connectivity index (χ0n) is 21.8. The Morgan fingerprint density at radius 3 is 2.50 bits per heavy atom. The SMILES string of the molecule is COC(=O)C1CCC(C(=O)Nc2ccc(-n3c(-c4cccnc4N)nc4ccc(-n5cccn5)nc43)cn2)CC1. The minimum Gasteiger partial charge on any atom is -0.469 e. The highest BCUT2D eigenvalue weighted by molar-refractivity contribution is 5.92. The van der Waals surface area contributed by atoms with Crippen molar-refractivity contribution in [2.24, 2.45) is 11.8 Å². The van der Waals surface area contributed by atoms with Gasteiger partial charge in [0.2, 0.25) is 5.91 Å². The summed E-state index contributed by atoms with van der Waals surface area (Å²) in [5.41, 5.74) is 8.81. The average Bonchev–Trinajstić information content (AvgIpc) is 3.66. The lowest BCUT2D eigenvalue weighted by Crippen LogP contribution is -2.30. The maximum atomic E-state index is 12.9. The summed E-state index contributed by atoms with van der Waals surface area (Å²) in [6.07, 6.45) is 9.32. The Morgan fingerprint density at radius 1 is 0.975 bits per heavy atom. The van der Waals surface area contributed by atoms with Gasteiger partial charge in [-0.1, -0.05) is 0 Å². The molecule has 202 valence electrons. The van der Waals surface area contributed by atoms with Crippen LogP contribution in [0.5, 0.6) is 0 Å². The smallest absolute Gasteiger partial charge is 0.308 e. The first-order valence-electron chi connectivity index (χ1n) is 13.0. The first-order chi connectivity index (χ1) is 19.5. The number of carbonyl (C=O) groups is 2. The van der Waals surface area contributed by atoms with E-state index in [1.165, 1.54) is 7.11 Å². The topological polar surface area (TPSA) is 156 Å². The fraction of sp³-hybridized carbons (Fsp3) is 0.250. The number of hydrogen-bond acceptors (Lipinski definition) is 9. The number of anilines is 2. The quantitative estimate of drug-likeness (QED) is 0.309. The van der Waals surface area contributed by atoms with Gasteiger partial charge < -0.3 is 15.8 Å². The minimum atomic E-state index is -0.207. The highest BCUT2D eigenvalue weighted by atomic mass is 16.5. The molecule has 5 heterocycles. The van der Waals surface area contributed by atoms with Crippen molar-refractivity contribution in [3.8, 4) is 22.9 Å². The molecule has 0 atom stereocenters. The van der Waals surface area contributed by atoms with Gasteiger partial charge in [-0.3, -0.25) is 14.2 Å². The van der Waals surface area contributed by atoms with E-state index in [9.17, 15) is 9.59 Å². The van der Waals surface area contributed by atoms with E-state index >= 15 is 0 Å². The molecule has 1 aliphatic carbocycles. The largest absolute Gasteiger partial charge is 0.469 e. The first kappa shape index (κ1) is 25.2. The Kier molecular flexibility index (Phi) is 6.64. The van der Waals surface area contributed by atoms with Gasteiger partial charge in [-0.15, -0.1) is 0 Å². The number of fused-ring (bicyclic) bond motifs is 1. The zero-order chi connectivity index (χ0) is 27.6. The highest BCUT2D eigenvalue weighted by Gasteiger charge is 2.30. The summed E-state index contributed by atoms with van der Waals surface area (Å²) in [7, 11) is 1.39. The van der Waals surface area contributed by atoms with Crippen LogP contribution in [0.25, 0.3) is 34.1 Å². The number of nitrogens with one attached hydrogen (secondary N) is 1. The number of pyridine rings is 3. The molecule has 0 aliphatic heterocycles. The highest BCUT2D eigenvalue weighted by Crippen LogP contribution is 2.32. The number of aromatic nitrogens is 7. The van der Waals surface area contributed by atoms with Gasteiger partial charge in [0.1, 0.15) is 17.2 Å². The summed E-state index contributed by atoms with van der Waals surface area (Å²) >= 11 is 0. The van der Waals surface area contributed by atoms with Crippen molar-refractivity contribution in [2.75, 3.05) is 18.2 Å². The second kappa shape index (κ2) is 10.6. The molecule has 12 heteroatoms. The molecule has 0 radical (unpaired) electrons. The molecule has 1 aliphatic rings. The summed E-state index contributed by atoms with van der Waals surface area (Å²) in [5.74, 6) is 1.33. The Labute approximate surface area is 229 Å². The third kappa shape index (κ3) is 4.75. The number of nitrogens with two attached hydrogens (primary N) is 1. The van der Waals surface area contributed by atoms with Crippen LogP contribution in [-0.4, -0.2) is 53.3 Å². The third-order valence-corrected chi connectivity index (χ3v) is 7.20. The number of amides is 1. The molecule has 40 heavy (non-hydrogen) atoms. The van der Waals surface area contributed by atoms with E-state index in [2.05, 4.69) is 20.4 Å². The number of imidazole rings is 1. The van der Waals surface area contributed by atoms with Gasteiger partial charge in [-0.2, -0.15) is 5.10 Å². The van der Waals surface area contributed by atoms with Crippen LogP contribution >= 0.6 is 0 Å². The lowest BCUT2D eigenvalue weighted by Gasteiger charge is -2.25. The third-order valence-electron chi connectivity index (χ3n) is 7.20. The van der Waals surface area contributed by atoms with E-state index in [-0.39, 0.29) is 23.7 Å². The standard InChI is InChI=1S/C28H27N9O3/c1-40-28(39)18-7-5-17(6-8-18)27(38)34-22-11-9-19(16-31-22)37-25(20-4-2-13-30-24(20)29)33-21-10-12-23(35-26(21)37)36-15-3-14-32-36/h2-4,9-18H,5-8H2,1H3,(H2,29,30)(H,31,34,38). The zero-order valence-corrected chi connectivity index (χ0v) is 21.8. The number of ether oxygens (including phenoxy) is 1. The second-order valence-corrected chi connectivity index (χ2v) is 9.63. The molecule has 1 fully saturated rings. The number of hydrogen-bond donors (Lipinski definition) is 2. The lowest BCUT2D eigenvalue weighted by molar-refractivity contribution is -0.147. The average molecular weight is 538 g/mol. The van der Waals surface area contributed by atoms with Gasteiger partial charge in [0.25, 0.3) is 0 Å². The number of esters is 1. The summed E-state index contributed by atoms with van der Waals surface area (Å²) < 4.78 is 8.38. The molecule has 0 spiro atoms. The normalized spacial score (nSPS) is 17.0. The van der Waals surface area contributed by atoms with E-state index < -0.39 is 0 Å². The molecule has 0 saturated heterocycles. The predicted molar refractivity (Wildman–Crippen MR) is 148 cm³/mol. The summed E-state index contributed by atoms with van der Waals surface area (Å²) in [6, 6.07) is 12.8. The van der Waals surface area contributed by atoms with Crippen LogP contribution in [0.1, 0.15) is 25.7 Å². The number of carbonyl (C=O) groups excluding carboxylic acids is 2. The molecule has 0 aromatic carbocycles. The van der Waals surface area contributed by atoms with Crippen molar-refractivity contribution >= 4 is 34.7 Å². The van der Waals surface area contributed by atoms with Crippen LogP contribution in [0.2, 0.25) is 0 Å². The van der Waals surface area contributed by atoms with Crippen molar-refractivity contribution < 1.29 is 14.3 Å². The van der Waals surface area contributed by atoms with Crippen LogP contribution in [-0.2, 0) is 14.3 Å². The number of nitrogen functional groups attached to an aromatic ring is 1. The molecule has 3 N–H and O–H groups in total. The van der Waals surface area contributed by atoms with Crippen LogP contribution in [0.15, 0.2) is 67.3 Å². The van der Waals surface area contributed by atoms with Crippen molar-refractivity contribution in [3.63, 3.8) is 0 Å². The Bertz CT molecular complexity index is 1670. The summed E-state index contributed by atoms with van der Waals surface area (Å²) in [4.78, 5) is 43.1. The number of nitrogens with zero attached hydrogens (tertiary/aromatic N) is 7. The molecular formula is C28H27N9O3. The van der Waals surface area contributed by atoms with Gasteiger partial charge in [0.15, 0.2) is 17.3 Å². The van der Waals surface area contributed by atoms with Crippen LogP contribution in [0.3, 0.4) is 0 Å². The van der Waals surface area contributed by atoms with Crippen LogP contribution < -0.4 is 11.1 Å². The lowest BCUT2D eigenvalue weighted by atomic mass is 9.81. The van der Waals surface area contributed by atoms with Gasteiger partial charge >= 0.3 is 5.97 Å². The van der Waals surface area contributed by atoms with E-state index in [0.29, 0.717) is 71.4 Å². The van der Waals surface area contributed by atoms with Gasteiger partial charge in [-0.05, 0) is 68.1 Å². The fourth-order valence-corrected chi connectivity index (χ4v) is 5.09. The molecule has 5 aromatic heterocycles. The molecule has 12 nitrogen and oxygen atoms in total. The predicted octanol–water partition coefficient (Wildman–Crippen LogP) is 3.56. The molecule has 6 rings (SSSR count). The minimum absolute atomic E-state index is 0.106. The van der Waals surface area contributed by atoms with E-state index in [1.807, 2.05) is 41.1 Å². The van der Waals surface area contributed by atoms with Gasteiger partial charge in [0.05, 0.1) is 30.5 Å². The molecule has 0 unspecified atom stereocenters. The Morgan fingerprint density at radius 2 is 1.80 bits per heavy atom. The van der Waals surface area contributed by atoms with E-state index in [4.69, 9.17) is 20.4 Å². The van der Waals surface area contributed by atoms with Crippen molar-refractivity contribution in [1.29, 1.82) is 0 Å². The first-order valence-corrected chi connectivity index (χ1v) is 13.0. The molecule has 1 amide bonds. The van der Waals surface area contributed by atoms with Crippen LogP contribution in [0.4, 0.5) is 11.6 Å². The fourth-order valence-electron chi connectivity index (χ4n) is 5.09. The van der Waals surface area contributed by atoms with E-state index in [1.54, 1.807) is 35.4 Å². The van der Waals surface area contributed by atoms with Crippen molar-refractivity contribution in [2.45, 2.75) is 25.7 Å². The molecule has 1 saturated carbocycles. The maximum Gasteiger partial charge on any atom is 0.308 e. The monoisotopic (exact) mass is 537 g/mol. The second-order valence-electron chi connectivity index (χ2n) is 9.63. The van der Waals surface area contributed by atoms with Gasteiger partial charge in [-0.25, -0.2) is 24.6 Å². The van der Waals surface area contributed by atoms with Gasteiger partial charge in [0, 0.05) is 24.5 Å². The van der Waals surface area contributed by atoms with Crippen molar-refractivity contribution in [1.82, 2.24) is 34.3 Å². The Hall–Kier alpha value is -5.13.